The predicted molar refractivity (Wildman–Crippen MR) is 197 cm³/mol. The van der Waals surface area contributed by atoms with E-state index in [1.54, 1.807) is 44.2 Å². The summed E-state index contributed by atoms with van der Waals surface area (Å²) in [6, 6.07) is -0.109. The SMILES string of the molecule is CC(C)C[C@H](NC(=O)C[C@H](NC(=O)[C@H](C)NC(=O)OCc1ccccc1)C(=O)N[C@@H](C)C(N)=O)C(=O)N[C@@H](C)C(=O)N[C@@H](C)C(=O)N[C@@H](C)C(=O)NCC(=O)O. The Morgan fingerprint density at radius 2 is 1.05 bits per heavy atom. The zero-order chi connectivity index (χ0) is 42.7. The van der Waals surface area contributed by atoms with Gasteiger partial charge in [0.2, 0.25) is 47.3 Å². The van der Waals surface area contributed by atoms with Gasteiger partial charge in [-0.3, -0.25) is 43.2 Å². The number of alkyl carbamates (subject to hydrolysis) is 1. The summed E-state index contributed by atoms with van der Waals surface area (Å²) in [5.41, 5.74) is 5.94. The zero-order valence-corrected chi connectivity index (χ0v) is 32.3. The van der Waals surface area contributed by atoms with Gasteiger partial charge >= 0.3 is 12.1 Å². The summed E-state index contributed by atoms with van der Waals surface area (Å²) < 4.78 is 5.12. The third kappa shape index (κ3) is 18.2. The van der Waals surface area contributed by atoms with Crippen molar-refractivity contribution < 1.29 is 57.8 Å². The Balaban J connectivity index is 2.95. The zero-order valence-electron chi connectivity index (χ0n) is 32.3. The summed E-state index contributed by atoms with van der Waals surface area (Å²) in [5, 5.41) is 27.4. The number of amides is 9. The number of nitrogens with two attached hydrogens (primary N) is 1. The van der Waals surface area contributed by atoms with E-state index in [-0.39, 0.29) is 18.9 Å². The number of rotatable bonds is 22. The number of carbonyl (C=O) groups excluding carboxylic acids is 9. The van der Waals surface area contributed by atoms with Crippen LogP contribution in [0, 0.1) is 5.92 Å². The van der Waals surface area contributed by atoms with Gasteiger partial charge in [-0.05, 0) is 52.5 Å². The van der Waals surface area contributed by atoms with E-state index in [0.717, 1.165) is 0 Å². The molecule has 9 amide bonds. The third-order valence-corrected chi connectivity index (χ3v) is 7.78. The first-order valence-electron chi connectivity index (χ1n) is 17.7. The highest BCUT2D eigenvalue weighted by molar-refractivity contribution is 5.98. The lowest BCUT2D eigenvalue weighted by Crippen LogP contribution is -2.58. The van der Waals surface area contributed by atoms with Gasteiger partial charge in [0.25, 0.3) is 0 Å². The van der Waals surface area contributed by atoms with E-state index < -0.39 is 115 Å². The molecule has 0 aliphatic rings. The van der Waals surface area contributed by atoms with Gasteiger partial charge in [-0.25, -0.2) is 4.79 Å². The molecule has 0 unspecified atom stereocenters. The lowest BCUT2D eigenvalue weighted by atomic mass is 10.0. The summed E-state index contributed by atoms with van der Waals surface area (Å²) in [5.74, 6) is -8.24. The number of hydrogen-bond donors (Lipinski definition) is 10. The van der Waals surface area contributed by atoms with Crippen molar-refractivity contribution in [2.45, 2.75) is 110 Å². The van der Waals surface area contributed by atoms with Crippen LogP contribution >= 0.6 is 0 Å². The van der Waals surface area contributed by atoms with Crippen LogP contribution in [0.25, 0.3) is 0 Å². The Morgan fingerprint density at radius 3 is 1.57 bits per heavy atom. The Kier molecular flexibility index (Phi) is 20.0. The number of primary amides is 1. The maximum Gasteiger partial charge on any atom is 0.408 e. The topological polar surface area (TPSA) is 322 Å². The highest BCUT2D eigenvalue weighted by Crippen LogP contribution is 2.08. The monoisotopic (exact) mass is 791 g/mol. The molecule has 0 saturated carbocycles. The molecular formula is C35H53N9O12. The molecule has 0 fully saturated rings. The van der Waals surface area contributed by atoms with Crippen molar-refractivity contribution in [3.8, 4) is 0 Å². The molecule has 0 saturated heterocycles. The quantitative estimate of drug-likeness (QED) is 0.0579. The fraction of sp³-hybridized carbons (Fsp3) is 0.543. The second-order valence-electron chi connectivity index (χ2n) is 13.4. The normalized spacial score (nSPS) is 14.4. The molecule has 0 heterocycles. The molecule has 21 heteroatoms. The van der Waals surface area contributed by atoms with Crippen molar-refractivity contribution in [3.63, 3.8) is 0 Å². The van der Waals surface area contributed by atoms with E-state index in [1.165, 1.54) is 34.6 Å². The Morgan fingerprint density at radius 1 is 0.589 bits per heavy atom. The number of hydrogen-bond acceptors (Lipinski definition) is 11. The van der Waals surface area contributed by atoms with Gasteiger partial charge in [0.05, 0.1) is 6.42 Å². The molecule has 0 spiro atoms. The lowest BCUT2D eigenvalue weighted by Gasteiger charge is -2.25. The maximum absolute atomic E-state index is 13.3. The van der Waals surface area contributed by atoms with Gasteiger partial charge in [0.15, 0.2) is 0 Å². The molecule has 1 aromatic carbocycles. The summed E-state index contributed by atoms with van der Waals surface area (Å²) in [7, 11) is 0. The predicted octanol–water partition coefficient (Wildman–Crippen LogP) is -2.59. The van der Waals surface area contributed by atoms with Gasteiger partial charge in [0, 0.05) is 0 Å². The van der Waals surface area contributed by atoms with Gasteiger partial charge in [0.1, 0.15) is 55.4 Å². The average molecular weight is 792 g/mol. The van der Waals surface area contributed by atoms with E-state index in [1.807, 2.05) is 0 Å². The van der Waals surface area contributed by atoms with Crippen LogP contribution in [0.5, 0.6) is 0 Å². The Hall–Kier alpha value is -6.28. The molecule has 0 bridgehead atoms. The van der Waals surface area contributed by atoms with Crippen LogP contribution in [0.4, 0.5) is 4.79 Å². The molecular weight excluding hydrogens is 738 g/mol. The number of carboxylic acids is 1. The van der Waals surface area contributed by atoms with Crippen molar-refractivity contribution in [1.29, 1.82) is 0 Å². The molecule has 0 aromatic heterocycles. The molecule has 11 N–H and O–H groups in total. The summed E-state index contributed by atoms with van der Waals surface area (Å²) in [6.07, 6.45) is -1.60. The lowest BCUT2D eigenvalue weighted by molar-refractivity contribution is -0.138. The molecule has 1 rings (SSSR count). The van der Waals surface area contributed by atoms with Crippen molar-refractivity contribution in [2.75, 3.05) is 6.54 Å². The molecule has 56 heavy (non-hydrogen) atoms. The van der Waals surface area contributed by atoms with Gasteiger partial charge < -0.3 is 58.1 Å². The van der Waals surface area contributed by atoms with Gasteiger partial charge in [-0.1, -0.05) is 44.2 Å². The standard InChI is InChI=1S/C35H53N9O12/c1-17(2)13-24(33(53)41-21(6)31(51)40-20(5)30(50)39-19(4)29(49)37-15-27(46)47)43-26(45)14-25(34(54)38-18(3)28(36)48)44-32(52)22(7)42-35(55)56-16-23-11-9-8-10-12-23/h8-12,17-22,24-25H,13-16H2,1-7H3,(H2,36,48)(H,37,49)(H,38,54)(H,39,50)(H,40,51)(H,41,53)(H,42,55)(H,43,45)(H,44,52)(H,46,47)/t18-,19-,20-,21-,22-,24-,25-/m0/s1. The minimum atomic E-state index is -1.61. The third-order valence-electron chi connectivity index (χ3n) is 7.78. The molecule has 0 radical (unpaired) electrons. The second kappa shape index (κ2) is 23.5. The molecule has 7 atom stereocenters. The summed E-state index contributed by atoms with van der Waals surface area (Å²) in [6.45, 7) is 9.30. The maximum atomic E-state index is 13.3. The first kappa shape index (κ1) is 47.7. The molecule has 1 aromatic rings. The number of carboxylic acid groups (broad SMARTS) is 1. The van der Waals surface area contributed by atoms with Gasteiger partial charge in [-0.15, -0.1) is 0 Å². The van der Waals surface area contributed by atoms with E-state index in [4.69, 9.17) is 15.6 Å². The van der Waals surface area contributed by atoms with Crippen LogP contribution in [0.1, 0.15) is 66.9 Å². The van der Waals surface area contributed by atoms with Crippen molar-refractivity contribution in [1.82, 2.24) is 42.5 Å². The number of carbonyl (C=O) groups is 10. The number of nitrogens with one attached hydrogen (secondary N) is 8. The minimum Gasteiger partial charge on any atom is -0.480 e. The van der Waals surface area contributed by atoms with Crippen molar-refractivity contribution in [2.24, 2.45) is 11.7 Å². The number of ether oxygens (including phenoxy) is 1. The number of aliphatic carboxylic acids is 1. The van der Waals surface area contributed by atoms with Crippen LogP contribution in [0.15, 0.2) is 30.3 Å². The minimum absolute atomic E-state index is 0.0700. The van der Waals surface area contributed by atoms with E-state index in [9.17, 15) is 47.9 Å². The second-order valence-corrected chi connectivity index (χ2v) is 13.4. The molecule has 0 aliphatic heterocycles. The summed E-state index contributed by atoms with van der Waals surface area (Å²) in [4.78, 5) is 125. The first-order valence-corrected chi connectivity index (χ1v) is 17.7. The Labute approximate surface area is 323 Å². The highest BCUT2D eigenvalue weighted by Gasteiger charge is 2.32. The smallest absolute Gasteiger partial charge is 0.408 e. The van der Waals surface area contributed by atoms with Gasteiger partial charge in [-0.2, -0.15) is 0 Å². The molecule has 0 aliphatic carbocycles. The fourth-order valence-electron chi connectivity index (χ4n) is 4.54. The van der Waals surface area contributed by atoms with Crippen LogP contribution in [0.3, 0.4) is 0 Å². The van der Waals surface area contributed by atoms with E-state index in [2.05, 4.69) is 42.5 Å². The largest absolute Gasteiger partial charge is 0.480 e. The highest BCUT2D eigenvalue weighted by atomic mass is 16.5. The molecule has 21 nitrogen and oxygen atoms in total. The average Bonchev–Trinajstić information content (AvgIpc) is 3.12. The number of benzene rings is 1. The fourth-order valence-corrected chi connectivity index (χ4v) is 4.54. The first-order chi connectivity index (χ1) is 26.1. The summed E-state index contributed by atoms with van der Waals surface area (Å²) >= 11 is 0. The van der Waals surface area contributed by atoms with E-state index in [0.29, 0.717) is 5.56 Å². The van der Waals surface area contributed by atoms with Crippen LogP contribution in [0.2, 0.25) is 0 Å². The Bertz CT molecular complexity index is 1590. The van der Waals surface area contributed by atoms with Crippen molar-refractivity contribution >= 4 is 59.3 Å². The van der Waals surface area contributed by atoms with Crippen LogP contribution < -0.4 is 48.3 Å². The van der Waals surface area contributed by atoms with Crippen molar-refractivity contribution in [3.05, 3.63) is 35.9 Å². The molecule has 310 valence electrons. The van der Waals surface area contributed by atoms with Crippen LogP contribution in [-0.2, 0) is 54.5 Å². The van der Waals surface area contributed by atoms with E-state index >= 15 is 0 Å². The van der Waals surface area contributed by atoms with Crippen LogP contribution in [-0.4, -0.2) is 113 Å².